The first-order valence-corrected chi connectivity index (χ1v) is 5.96. The molecule has 0 aliphatic carbocycles. The Morgan fingerprint density at radius 1 is 1.06 bits per heavy atom. The fourth-order valence-corrected chi connectivity index (χ4v) is 2.35. The van der Waals surface area contributed by atoms with Crippen LogP contribution in [-0.2, 0) is 0 Å². The molecule has 2 heterocycles. The summed E-state index contributed by atoms with van der Waals surface area (Å²) in [5.41, 5.74) is 2.00. The van der Waals surface area contributed by atoms with Gasteiger partial charge < -0.3 is 5.11 Å². The third kappa shape index (κ3) is 1.70. The lowest BCUT2D eigenvalue weighted by atomic mass is 10.2. The molecule has 4 heteroatoms. The fourth-order valence-electron chi connectivity index (χ4n) is 1.82. The number of fused-ring (bicyclic) bond motifs is 1. The Hall–Kier alpha value is -1.81. The lowest BCUT2D eigenvalue weighted by Gasteiger charge is -2.04. The summed E-state index contributed by atoms with van der Waals surface area (Å²) in [4.78, 5) is 4.41. The molecule has 84 valence electrons. The molecule has 0 unspecified atom stereocenters. The van der Waals surface area contributed by atoms with E-state index in [1.165, 1.54) is 0 Å². The number of halogens is 1. The predicted molar refractivity (Wildman–Crippen MR) is 70.0 cm³/mol. The van der Waals surface area contributed by atoms with Crippen LogP contribution in [0.15, 0.2) is 53.3 Å². The van der Waals surface area contributed by atoms with Gasteiger partial charge in [0.25, 0.3) is 0 Å². The third-order valence-electron chi connectivity index (χ3n) is 2.63. The lowest BCUT2D eigenvalue weighted by Crippen LogP contribution is -1.90. The minimum absolute atomic E-state index is 0.258. The van der Waals surface area contributed by atoms with E-state index in [1.807, 2.05) is 40.9 Å². The van der Waals surface area contributed by atoms with Crippen LogP contribution in [0.4, 0.5) is 0 Å². The van der Waals surface area contributed by atoms with Crippen LogP contribution in [0.2, 0.25) is 0 Å². The molecule has 0 atom stereocenters. The van der Waals surface area contributed by atoms with E-state index in [0.717, 1.165) is 21.5 Å². The number of aromatic hydroxyl groups is 1. The highest BCUT2D eigenvalue weighted by Gasteiger charge is 2.08. The van der Waals surface area contributed by atoms with Gasteiger partial charge in [-0.05, 0) is 52.3 Å². The van der Waals surface area contributed by atoms with Crippen LogP contribution in [0.1, 0.15) is 0 Å². The average molecular weight is 289 g/mol. The molecule has 17 heavy (non-hydrogen) atoms. The highest BCUT2D eigenvalue weighted by Crippen LogP contribution is 2.25. The summed E-state index contributed by atoms with van der Waals surface area (Å²) in [6, 6.07) is 13.0. The van der Waals surface area contributed by atoms with Gasteiger partial charge in [-0.15, -0.1) is 0 Å². The Morgan fingerprint density at radius 3 is 2.59 bits per heavy atom. The number of imidazole rings is 1. The summed E-state index contributed by atoms with van der Waals surface area (Å²) in [7, 11) is 0. The van der Waals surface area contributed by atoms with Gasteiger partial charge >= 0.3 is 0 Å². The van der Waals surface area contributed by atoms with E-state index >= 15 is 0 Å². The van der Waals surface area contributed by atoms with Gasteiger partial charge in [-0.2, -0.15) is 0 Å². The third-order valence-corrected chi connectivity index (χ3v) is 3.25. The summed E-state index contributed by atoms with van der Waals surface area (Å²) < 4.78 is 2.97. The zero-order chi connectivity index (χ0) is 11.8. The van der Waals surface area contributed by atoms with E-state index in [1.54, 1.807) is 12.1 Å². The average Bonchev–Trinajstić information content (AvgIpc) is 2.75. The number of hydrogen-bond acceptors (Lipinski definition) is 2. The fraction of sp³-hybridized carbons (Fsp3) is 0. The molecule has 0 aliphatic heterocycles. The Balaban J connectivity index is 2.27. The number of nitrogens with zero attached hydrogens (tertiary/aromatic N) is 2. The number of phenolic OH excluding ortho intramolecular Hbond substituents is 1. The molecular weight excluding hydrogens is 280 g/mol. The van der Waals surface area contributed by atoms with Crippen LogP contribution >= 0.6 is 15.9 Å². The quantitative estimate of drug-likeness (QED) is 0.696. The second kappa shape index (κ2) is 3.89. The zero-order valence-corrected chi connectivity index (χ0v) is 10.4. The van der Waals surface area contributed by atoms with E-state index in [2.05, 4.69) is 20.9 Å². The van der Waals surface area contributed by atoms with Gasteiger partial charge in [-0.3, -0.25) is 4.40 Å². The van der Waals surface area contributed by atoms with E-state index in [-0.39, 0.29) is 5.75 Å². The van der Waals surface area contributed by atoms with Crippen molar-refractivity contribution in [3.8, 4) is 17.1 Å². The second-order valence-corrected chi connectivity index (χ2v) is 4.55. The van der Waals surface area contributed by atoms with Gasteiger partial charge in [0.1, 0.15) is 11.6 Å². The summed E-state index contributed by atoms with van der Waals surface area (Å²) in [6.07, 6.45) is 1.83. The molecule has 3 nitrogen and oxygen atoms in total. The molecule has 2 aromatic heterocycles. The van der Waals surface area contributed by atoms with Crippen LogP contribution in [0.25, 0.3) is 16.9 Å². The smallest absolute Gasteiger partial charge is 0.145 e. The van der Waals surface area contributed by atoms with Crippen molar-refractivity contribution in [3.05, 3.63) is 53.3 Å². The number of hydrogen-bond donors (Lipinski definition) is 1. The summed E-state index contributed by atoms with van der Waals surface area (Å²) in [6.45, 7) is 0. The Labute approximate surface area is 106 Å². The van der Waals surface area contributed by atoms with Gasteiger partial charge in [-0.25, -0.2) is 4.98 Å². The SMILES string of the molecule is Oc1ccc(-c2ncc3cccc(Br)n23)cc1. The Morgan fingerprint density at radius 2 is 1.82 bits per heavy atom. The summed E-state index contributed by atoms with van der Waals surface area (Å²) >= 11 is 3.51. The molecule has 0 radical (unpaired) electrons. The standard InChI is InChI=1S/C13H9BrN2O/c14-12-3-1-2-10-8-15-13(16(10)12)9-4-6-11(17)7-5-9/h1-8,17H. The van der Waals surface area contributed by atoms with E-state index < -0.39 is 0 Å². The van der Waals surface area contributed by atoms with Crippen molar-refractivity contribution in [2.24, 2.45) is 0 Å². The number of rotatable bonds is 1. The molecule has 0 saturated carbocycles. The molecule has 0 aliphatic rings. The molecule has 0 spiro atoms. The summed E-state index contributed by atoms with van der Waals surface area (Å²) in [5.74, 6) is 1.11. The molecule has 0 amide bonds. The minimum atomic E-state index is 0.258. The van der Waals surface area contributed by atoms with Gasteiger partial charge in [-0.1, -0.05) is 6.07 Å². The summed E-state index contributed by atoms with van der Waals surface area (Å²) in [5, 5.41) is 9.29. The molecule has 0 fully saturated rings. The molecule has 3 rings (SSSR count). The van der Waals surface area contributed by atoms with E-state index in [9.17, 15) is 5.11 Å². The number of benzene rings is 1. The molecule has 1 N–H and O–H groups in total. The van der Waals surface area contributed by atoms with Crippen LogP contribution < -0.4 is 0 Å². The molecule has 1 aromatic carbocycles. The number of aromatic nitrogens is 2. The maximum atomic E-state index is 9.29. The lowest BCUT2D eigenvalue weighted by molar-refractivity contribution is 0.475. The van der Waals surface area contributed by atoms with Crippen molar-refractivity contribution in [2.75, 3.05) is 0 Å². The van der Waals surface area contributed by atoms with Gasteiger partial charge in [0, 0.05) is 5.56 Å². The molecule has 0 bridgehead atoms. The van der Waals surface area contributed by atoms with Crippen LogP contribution in [-0.4, -0.2) is 14.5 Å². The van der Waals surface area contributed by atoms with Crippen molar-refractivity contribution in [2.45, 2.75) is 0 Å². The van der Waals surface area contributed by atoms with Crippen molar-refractivity contribution in [1.82, 2.24) is 9.38 Å². The molecule has 3 aromatic rings. The van der Waals surface area contributed by atoms with Crippen LogP contribution in [0, 0.1) is 0 Å². The normalized spacial score (nSPS) is 10.9. The highest BCUT2D eigenvalue weighted by molar-refractivity contribution is 9.10. The first-order chi connectivity index (χ1) is 8.25. The van der Waals surface area contributed by atoms with Crippen molar-refractivity contribution in [1.29, 1.82) is 0 Å². The highest BCUT2D eigenvalue weighted by atomic mass is 79.9. The van der Waals surface area contributed by atoms with Gasteiger partial charge in [0.15, 0.2) is 0 Å². The Kier molecular flexibility index (Phi) is 2.37. The van der Waals surface area contributed by atoms with Crippen LogP contribution in [0.3, 0.4) is 0 Å². The predicted octanol–water partition coefficient (Wildman–Crippen LogP) is 3.47. The molecule has 0 saturated heterocycles. The van der Waals surface area contributed by atoms with Gasteiger partial charge in [0.2, 0.25) is 0 Å². The largest absolute Gasteiger partial charge is 0.508 e. The Bertz CT molecular complexity index is 673. The topological polar surface area (TPSA) is 37.5 Å². The maximum absolute atomic E-state index is 9.29. The maximum Gasteiger partial charge on any atom is 0.145 e. The monoisotopic (exact) mass is 288 g/mol. The van der Waals surface area contributed by atoms with E-state index in [0.29, 0.717) is 0 Å². The van der Waals surface area contributed by atoms with Crippen LogP contribution in [0.5, 0.6) is 5.75 Å². The van der Waals surface area contributed by atoms with Crippen molar-refractivity contribution in [3.63, 3.8) is 0 Å². The van der Waals surface area contributed by atoms with Crippen molar-refractivity contribution < 1.29 is 5.11 Å². The number of pyridine rings is 1. The van der Waals surface area contributed by atoms with Gasteiger partial charge in [0.05, 0.1) is 16.3 Å². The second-order valence-electron chi connectivity index (χ2n) is 3.74. The minimum Gasteiger partial charge on any atom is -0.508 e. The first-order valence-electron chi connectivity index (χ1n) is 5.17. The van der Waals surface area contributed by atoms with Crippen molar-refractivity contribution >= 4 is 21.4 Å². The van der Waals surface area contributed by atoms with E-state index in [4.69, 9.17) is 0 Å². The zero-order valence-electron chi connectivity index (χ0n) is 8.84. The number of phenols is 1. The molecular formula is C13H9BrN2O. The first kappa shape index (κ1) is 10.4.